The highest BCUT2D eigenvalue weighted by Gasteiger charge is 2.35. The summed E-state index contributed by atoms with van der Waals surface area (Å²) in [5.74, 6) is -1.05. The zero-order valence-corrected chi connectivity index (χ0v) is 23.4. The topological polar surface area (TPSA) is 90.9 Å². The second-order valence-electron chi connectivity index (χ2n) is 9.72. The van der Waals surface area contributed by atoms with Gasteiger partial charge in [-0.1, -0.05) is 84.4 Å². The normalized spacial score (nSPS) is 14.8. The fourth-order valence-corrected chi connectivity index (χ4v) is 4.87. The van der Waals surface area contributed by atoms with Crippen LogP contribution in [-0.4, -0.2) is 36.1 Å². The molecule has 5 rings (SSSR count). The van der Waals surface area contributed by atoms with Gasteiger partial charge in [-0.05, 0) is 36.8 Å². The second-order valence-corrected chi connectivity index (χ2v) is 10.1. The summed E-state index contributed by atoms with van der Waals surface area (Å²) in [4.78, 5) is 46.4. The highest BCUT2D eigenvalue weighted by molar-refractivity contribution is 6.33. The van der Waals surface area contributed by atoms with Crippen molar-refractivity contribution in [2.45, 2.75) is 19.3 Å². The average molecular weight is 605 g/mol. The van der Waals surface area contributed by atoms with E-state index in [0.29, 0.717) is 34.2 Å². The molecule has 0 fully saturated rings. The maximum absolute atomic E-state index is 14.0. The van der Waals surface area contributed by atoms with Crippen LogP contribution in [0.5, 0.6) is 0 Å². The molecule has 0 aromatic heterocycles. The molecule has 4 aromatic rings. The maximum atomic E-state index is 14.0. The van der Waals surface area contributed by atoms with Gasteiger partial charge in [0.2, 0.25) is 6.17 Å². The van der Waals surface area contributed by atoms with Gasteiger partial charge in [-0.25, -0.2) is 9.79 Å². The predicted molar refractivity (Wildman–Crippen MR) is 159 cm³/mol. The number of Topliss-reactive ketones (excluding diaryl/α,β-unsaturated/α-hetero) is 1. The van der Waals surface area contributed by atoms with E-state index in [-0.39, 0.29) is 23.0 Å². The highest BCUT2D eigenvalue weighted by atomic mass is 35.5. The Morgan fingerprint density at radius 1 is 0.930 bits per heavy atom. The summed E-state index contributed by atoms with van der Waals surface area (Å²) in [5.41, 5.74) is 1.81. The zero-order valence-electron chi connectivity index (χ0n) is 22.7. The van der Waals surface area contributed by atoms with Crippen LogP contribution in [0.15, 0.2) is 102 Å². The van der Waals surface area contributed by atoms with Gasteiger partial charge < -0.3 is 15.5 Å². The molecule has 2 N–H and O–H groups in total. The lowest BCUT2D eigenvalue weighted by Crippen LogP contribution is -2.50. The second kappa shape index (κ2) is 12.1. The first-order valence-corrected chi connectivity index (χ1v) is 13.5. The average Bonchev–Trinajstić information content (AvgIpc) is 3.09. The number of halogens is 4. The minimum Gasteiger partial charge on any atom is -0.308 e. The summed E-state index contributed by atoms with van der Waals surface area (Å²) < 4.78 is 39.8. The molecule has 0 saturated heterocycles. The van der Waals surface area contributed by atoms with E-state index < -0.39 is 29.8 Å². The minimum atomic E-state index is -4.67. The number of carbonyl (C=O) groups is 3. The number of hydrogen-bond donors (Lipinski definition) is 2. The van der Waals surface area contributed by atoms with E-state index in [0.717, 1.165) is 17.7 Å². The number of amides is 3. The van der Waals surface area contributed by atoms with Gasteiger partial charge in [0.25, 0.3) is 5.91 Å². The van der Waals surface area contributed by atoms with Crippen LogP contribution in [-0.2, 0) is 11.0 Å². The van der Waals surface area contributed by atoms with Crippen LogP contribution in [0.4, 0.5) is 29.3 Å². The number of aliphatic imine (C=N–C) groups is 1. The van der Waals surface area contributed by atoms with Crippen LogP contribution in [0.2, 0.25) is 5.02 Å². The number of benzodiazepines with no additional fused rings is 1. The van der Waals surface area contributed by atoms with Gasteiger partial charge in [-0.15, -0.1) is 0 Å². The third kappa shape index (κ3) is 6.44. The van der Waals surface area contributed by atoms with Gasteiger partial charge in [0.05, 0.1) is 34.2 Å². The number of benzene rings is 4. The number of fused-ring (bicyclic) bond motifs is 1. The van der Waals surface area contributed by atoms with Crippen molar-refractivity contribution >= 4 is 46.4 Å². The largest absolute Gasteiger partial charge is 0.416 e. The SMILES string of the molecule is Cc1ccccc1C(=O)CN1C(=O)C(NC(=O)Nc2cc(C(F)(F)F)ccc2Cl)N=C(c2ccccc2)c2ccccc21. The van der Waals surface area contributed by atoms with Crippen molar-refractivity contribution in [1.29, 1.82) is 0 Å². The Hall–Kier alpha value is -4.96. The molecule has 0 spiro atoms. The number of para-hydroxylation sites is 1. The lowest BCUT2D eigenvalue weighted by Gasteiger charge is -2.25. The van der Waals surface area contributed by atoms with Crippen LogP contribution in [0.25, 0.3) is 0 Å². The van der Waals surface area contributed by atoms with E-state index in [9.17, 15) is 27.6 Å². The van der Waals surface area contributed by atoms with Gasteiger partial charge >= 0.3 is 12.2 Å². The molecule has 1 heterocycles. The number of anilines is 2. The van der Waals surface area contributed by atoms with E-state index >= 15 is 0 Å². The molecule has 0 saturated carbocycles. The number of urea groups is 1. The summed E-state index contributed by atoms with van der Waals surface area (Å²) in [5, 5.41) is 4.60. The molecule has 43 heavy (non-hydrogen) atoms. The molecule has 1 atom stereocenters. The van der Waals surface area contributed by atoms with Crippen molar-refractivity contribution in [2.75, 3.05) is 16.8 Å². The highest BCUT2D eigenvalue weighted by Crippen LogP contribution is 2.34. The Balaban J connectivity index is 1.53. The number of ketones is 1. The van der Waals surface area contributed by atoms with E-state index in [2.05, 4.69) is 15.6 Å². The van der Waals surface area contributed by atoms with Crippen LogP contribution in [0.1, 0.15) is 32.6 Å². The van der Waals surface area contributed by atoms with Crippen molar-refractivity contribution in [1.82, 2.24) is 5.32 Å². The number of aryl methyl sites for hydroxylation is 1. The summed E-state index contributed by atoms with van der Waals surface area (Å²) >= 11 is 6.05. The van der Waals surface area contributed by atoms with E-state index in [1.54, 1.807) is 79.7 Å². The minimum absolute atomic E-state index is 0.137. The Kier molecular flexibility index (Phi) is 8.31. The van der Waals surface area contributed by atoms with Gasteiger partial charge in [0.15, 0.2) is 5.78 Å². The van der Waals surface area contributed by atoms with Crippen LogP contribution in [0.3, 0.4) is 0 Å². The van der Waals surface area contributed by atoms with Crippen LogP contribution >= 0.6 is 11.6 Å². The zero-order chi connectivity index (χ0) is 30.7. The smallest absolute Gasteiger partial charge is 0.308 e. The number of nitrogens with one attached hydrogen (secondary N) is 2. The molecule has 0 radical (unpaired) electrons. The van der Waals surface area contributed by atoms with Gasteiger partial charge in [-0.3, -0.25) is 9.59 Å². The molecular formula is C32H24ClF3N4O3. The summed E-state index contributed by atoms with van der Waals surface area (Å²) in [6, 6.07) is 24.3. The Morgan fingerprint density at radius 3 is 2.33 bits per heavy atom. The lowest BCUT2D eigenvalue weighted by molar-refractivity contribution is -0.137. The third-order valence-electron chi connectivity index (χ3n) is 6.81. The van der Waals surface area contributed by atoms with E-state index in [1.807, 2.05) is 6.07 Å². The third-order valence-corrected chi connectivity index (χ3v) is 7.14. The molecule has 1 aliphatic rings. The fraction of sp³-hybridized carbons (Fsp3) is 0.125. The van der Waals surface area contributed by atoms with Crippen LogP contribution < -0.4 is 15.5 Å². The van der Waals surface area contributed by atoms with Gasteiger partial charge in [0, 0.05) is 16.7 Å². The fourth-order valence-electron chi connectivity index (χ4n) is 4.71. The van der Waals surface area contributed by atoms with E-state index in [1.165, 1.54) is 4.90 Å². The molecule has 0 aliphatic carbocycles. The molecule has 0 bridgehead atoms. The molecule has 4 aromatic carbocycles. The van der Waals surface area contributed by atoms with E-state index in [4.69, 9.17) is 11.6 Å². The number of hydrogen-bond acceptors (Lipinski definition) is 4. The first-order valence-electron chi connectivity index (χ1n) is 13.1. The molecule has 11 heteroatoms. The number of carbonyl (C=O) groups excluding carboxylic acids is 3. The monoisotopic (exact) mass is 604 g/mol. The predicted octanol–water partition coefficient (Wildman–Crippen LogP) is 6.88. The summed E-state index contributed by atoms with van der Waals surface area (Å²) in [7, 11) is 0. The summed E-state index contributed by atoms with van der Waals surface area (Å²) in [6.45, 7) is 1.44. The molecule has 1 unspecified atom stereocenters. The quantitative estimate of drug-likeness (QED) is 0.235. The molecular weight excluding hydrogens is 581 g/mol. The molecule has 3 amide bonds. The van der Waals surface area contributed by atoms with Crippen molar-refractivity contribution in [3.05, 3.63) is 130 Å². The summed E-state index contributed by atoms with van der Waals surface area (Å²) in [6.07, 6.45) is -6.21. The van der Waals surface area contributed by atoms with Crippen molar-refractivity contribution in [2.24, 2.45) is 4.99 Å². The number of rotatable bonds is 6. The standard InChI is InChI=1S/C32H24ClF3N4O3/c1-19-9-5-6-12-22(19)27(41)18-40-26-14-8-7-13-23(26)28(20-10-3-2-4-11-20)38-29(30(40)42)39-31(43)37-25-17-21(32(34,35)36)15-16-24(25)33/h2-17,29H,18H2,1H3,(H2,37,39,43). The molecule has 218 valence electrons. The van der Waals surface area contributed by atoms with Crippen LogP contribution in [0, 0.1) is 6.92 Å². The first-order chi connectivity index (χ1) is 20.5. The van der Waals surface area contributed by atoms with Crippen molar-refractivity contribution < 1.29 is 27.6 Å². The Morgan fingerprint density at radius 2 is 1.60 bits per heavy atom. The number of alkyl halides is 3. The molecule has 7 nitrogen and oxygen atoms in total. The Bertz CT molecular complexity index is 1740. The van der Waals surface area contributed by atoms with Gasteiger partial charge in [-0.2, -0.15) is 13.2 Å². The van der Waals surface area contributed by atoms with Crippen molar-refractivity contribution in [3.8, 4) is 0 Å². The maximum Gasteiger partial charge on any atom is 0.416 e. The molecule has 1 aliphatic heterocycles. The lowest BCUT2D eigenvalue weighted by atomic mass is 9.99. The van der Waals surface area contributed by atoms with Gasteiger partial charge in [0.1, 0.15) is 0 Å². The Labute approximate surface area is 250 Å². The number of nitrogens with zero attached hydrogens (tertiary/aromatic N) is 2. The van der Waals surface area contributed by atoms with Crippen molar-refractivity contribution in [3.63, 3.8) is 0 Å². The first kappa shape index (κ1) is 29.5.